The van der Waals surface area contributed by atoms with Crippen LogP contribution in [0.5, 0.6) is 5.75 Å². The molecule has 0 aromatic heterocycles. The van der Waals surface area contributed by atoms with Gasteiger partial charge in [0.05, 0.1) is 29.7 Å². The fourth-order valence-corrected chi connectivity index (χ4v) is 7.75. The van der Waals surface area contributed by atoms with Gasteiger partial charge in [-0.05, 0) is 63.0 Å². The Labute approximate surface area is 245 Å². The summed E-state index contributed by atoms with van der Waals surface area (Å²) in [6, 6.07) is -0.591. The minimum atomic E-state index is -4.93. The summed E-state index contributed by atoms with van der Waals surface area (Å²) < 4.78 is 49.7. The summed E-state index contributed by atoms with van der Waals surface area (Å²) in [6.45, 7) is 2.85. The highest BCUT2D eigenvalue weighted by Crippen LogP contribution is 2.52. The van der Waals surface area contributed by atoms with E-state index in [1.54, 1.807) is 11.8 Å². The number of likely N-dealkylation sites (N-methyl/N-ethyl adjacent to an activating group) is 2. The summed E-state index contributed by atoms with van der Waals surface area (Å²) in [5.74, 6) is -13.4. The Morgan fingerprint density at radius 1 is 1.19 bits per heavy atom. The lowest BCUT2D eigenvalue weighted by Gasteiger charge is -2.52. The maximum atomic E-state index is 14.8. The zero-order chi connectivity index (χ0) is 31.8. The lowest BCUT2D eigenvalue weighted by atomic mass is 9.52. The summed E-state index contributed by atoms with van der Waals surface area (Å²) >= 11 is 0. The number of halogens is 3. The van der Waals surface area contributed by atoms with Crippen molar-refractivity contribution in [3.8, 4) is 5.75 Å². The van der Waals surface area contributed by atoms with Crippen LogP contribution in [0, 0.1) is 23.7 Å². The topological polar surface area (TPSA) is 168 Å². The zero-order valence-electron chi connectivity index (χ0n) is 23.9. The Morgan fingerprint density at radius 3 is 2.40 bits per heavy atom. The van der Waals surface area contributed by atoms with Gasteiger partial charge in [-0.25, -0.2) is 0 Å². The van der Waals surface area contributed by atoms with Crippen molar-refractivity contribution < 1.29 is 52.1 Å². The van der Waals surface area contributed by atoms with E-state index < -0.39 is 99.4 Å². The maximum absolute atomic E-state index is 14.8. The van der Waals surface area contributed by atoms with Crippen molar-refractivity contribution in [3.05, 3.63) is 28.3 Å². The quantitative estimate of drug-likeness (QED) is 0.387. The normalized spacial score (nSPS) is 32.7. The maximum Gasteiger partial charge on any atom is 0.417 e. The highest BCUT2D eigenvalue weighted by molar-refractivity contribution is 6.32. The van der Waals surface area contributed by atoms with Crippen LogP contribution in [0.4, 0.5) is 13.2 Å². The van der Waals surface area contributed by atoms with Crippen LogP contribution < -0.4 is 5.73 Å². The first-order chi connectivity index (χ1) is 20.0. The molecule has 1 saturated heterocycles. The Bertz CT molecular complexity index is 1410. The van der Waals surface area contributed by atoms with Gasteiger partial charge in [0.1, 0.15) is 5.75 Å². The average Bonchev–Trinajstić information content (AvgIpc) is 3.43. The van der Waals surface area contributed by atoms with Gasteiger partial charge in [-0.15, -0.1) is 0 Å². The standard InChI is InChI=1S/C29H34F3N3O8/c1-4-35(14-5-6-43-11-14)10-13-9-17(36)19-15(21(13)29(30,31)32)7-12-8-16-22(34(2)3)24(38)20(27(33)41)26(40)28(16,42)25(39)18(12)23(19)37/h9,12,14,16,18,20,22,36,42H,4-8,10-11H2,1-3H3,(H2,33,41)/t12-,14+,16-,18?,20?,22-,28-/m0/s1. The molecular weight excluding hydrogens is 575 g/mol. The Kier molecular flexibility index (Phi) is 7.81. The second kappa shape index (κ2) is 10.8. The summed E-state index contributed by atoms with van der Waals surface area (Å²) in [7, 11) is 2.85. The second-order valence-corrected chi connectivity index (χ2v) is 12.2. The zero-order valence-corrected chi connectivity index (χ0v) is 23.9. The van der Waals surface area contributed by atoms with Gasteiger partial charge < -0.3 is 20.7 Å². The number of carbonyl (C=O) groups is 5. The summed E-state index contributed by atoms with van der Waals surface area (Å²) in [5.41, 5.74) is -0.118. The molecule has 1 aromatic rings. The van der Waals surface area contributed by atoms with Gasteiger partial charge in [-0.1, -0.05) is 6.92 Å². The van der Waals surface area contributed by atoms with E-state index in [-0.39, 0.29) is 24.6 Å². The number of primary amides is 1. The Hall–Kier alpha value is -3.20. The lowest BCUT2D eigenvalue weighted by molar-refractivity contribution is -0.181. The third-order valence-corrected chi connectivity index (χ3v) is 9.63. The number of phenols is 1. The fraction of sp³-hybridized carbons (Fsp3) is 0.621. The van der Waals surface area contributed by atoms with Crippen LogP contribution >= 0.6 is 0 Å². The van der Waals surface area contributed by atoms with Gasteiger partial charge in [0.2, 0.25) is 5.91 Å². The number of aromatic hydroxyl groups is 1. The number of phenolic OH excluding ortho intramolecular Hbond substituents is 1. The van der Waals surface area contributed by atoms with E-state index in [4.69, 9.17) is 10.5 Å². The molecular formula is C29H34F3N3O8. The number of ether oxygens (including phenoxy) is 1. The fourth-order valence-electron chi connectivity index (χ4n) is 7.75. The minimum Gasteiger partial charge on any atom is -0.507 e. The number of fused-ring (bicyclic) bond motifs is 3. The number of hydrogen-bond donors (Lipinski definition) is 3. The number of nitrogens with two attached hydrogens (primary N) is 1. The number of amides is 1. The first-order valence-electron chi connectivity index (χ1n) is 14.2. The van der Waals surface area contributed by atoms with Crippen LogP contribution in [-0.2, 0) is 43.1 Å². The molecule has 0 bridgehead atoms. The van der Waals surface area contributed by atoms with Crippen LogP contribution in [0.25, 0.3) is 0 Å². The van der Waals surface area contributed by atoms with Gasteiger partial charge in [-0.3, -0.25) is 33.8 Å². The van der Waals surface area contributed by atoms with E-state index in [1.165, 1.54) is 19.0 Å². The van der Waals surface area contributed by atoms with Crippen molar-refractivity contribution in [2.45, 2.75) is 56.6 Å². The third-order valence-electron chi connectivity index (χ3n) is 9.63. The molecule has 3 fully saturated rings. The van der Waals surface area contributed by atoms with Crippen molar-refractivity contribution in [1.29, 1.82) is 0 Å². The number of nitrogens with zero attached hydrogens (tertiary/aromatic N) is 2. The number of alkyl halides is 3. The number of Topliss-reactive ketones (excluding diaryl/α,β-unsaturated/α-hetero) is 4. The molecule has 5 rings (SSSR count). The SMILES string of the molecule is CCN(Cc1cc(O)c2c(c1C(F)(F)F)C[C@H]1C[C@H]3[C@H](N(C)C)C(=O)C(C(N)=O)C(=O)[C@@]3(O)C(=O)C1C2=O)[C@@H]1CCOC1. The molecule has 1 amide bonds. The van der Waals surface area contributed by atoms with Crippen molar-refractivity contribution in [2.24, 2.45) is 29.4 Å². The number of rotatable bonds is 6. The van der Waals surface area contributed by atoms with Crippen molar-refractivity contribution >= 4 is 29.0 Å². The Morgan fingerprint density at radius 2 is 1.86 bits per heavy atom. The van der Waals surface area contributed by atoms with Gasteiger partial charge >= 0.3 is 6.18 Å². The molecule has 4 aliphatic rings. The summed E-state index contributed by atoms with van der Waals surface area (Å²) in [4.78, 5) is 69.5. The largest absolute Gasteiger partial charge is 0.507 e. The first kappa shape index (κ1) is 31.2. The van der Waals surface area contributed by atoms with Crippen molar-refractivity contribution in [2.75, 3.05) is 33.9 Å². The second-order valence-electron chi connectivity index (χ2n) is 12.2. The molecule has 11 nitrogen and oxygen atoms in total. The molecule has 7 atom stereocenters. The van der Waals surface area contributed by atoms with E-state index in [2.05, 4.69) is 0 Å². The molecule has 1 aromatic carbocycles. The van der Waals surface area contributed by atoms with E-state index in [0.29, 0.717) is 26.2 Å². The van der Waals surface area contributed by atoms with E-state index >= 15 is 0 Å². The molecule has 2 saturated carbocycles. The van der Waals surface area contributed by atoms with Crippen LogP contribution in [0.15, 0.2) is 6.07 Å². The molecule has 1 heterocycles. The highest BCUT2D eigenvalue weighted by Gasteiger charge is 2.69. The molecule has 43 heavy (non-hydrogen) atoms. The van der Waals surface area contributed by atoms with Gasteiger partial charge in [-0.2, -0.15) is 13.2 Å². The first-order valence-corrected chi connectivity index (χ1v) is 14.2. The van der Waals surface area contributed by atoms with Crippen molar-refractivity contribution in [3.63, 3.8) is 0 Å². The molecule has 3 aliphatic carbocycles. The monoisotopic (exact) mass is 609 g/mol. The molecule has 0 radical (unpaired) electrons. The number of ketones is 4. The van der Waals surface area contributed by atoms with Gasteiger partial charge in [0, 0.05) is 25.1 Å². The van der Waals surface area contributed by atoms with Crippen LogP contribution in [0.2, 0.25) is 0 Å². The molecule has 234 valence electrons. The van der Waals surface area contributed by atoms with E-state index in [0.717, 1.165) is 6.07 Å². The molecule has 14 heteroatoms. The Balaban J connectivity index is 1.63. The molecule has 2 unspecified atom stereocenters. The number of benzene rings is 1. The minimum absolute atomic E-state index is 0.127. The van der Waals surface area contributed by atoms with Gasteiger partial charge in [0.15, 0.2) is 34.7 Å². The van der Waals surface area contributed by atoms with Crippen molar-refractivity contribution in [1.82, 2.24) is 9.80 Å². The highest BCUT2D eigenvalue weighted by atomic mass is 19.4. The van der Waals surface area contributed by atoms with Crippen LogP contribution in [-0.4, -0.2) is 101 Å². The number of hydrogen-bond acceptors (Lipinski definition) is 10. The van der Waals surface area contributed by atoms with Gasteiger partial charge in [0.25, 0.3) is 0 Å². The van der Waals surface area contributed by atoms with Crippen LogP contribution in [0.3, 0.4) is 0 Å². The smallest absolute Gasteiger partial charge is 0.417 e. The molecule has 1 aliphatic heterocycles. The van der Waals surface area contributed by atoms with E-state index in [1.807, 2.05) is 0 Å². The lowest BCUT2D eigenvalue weighted by Crippen LogP contribution is -2.74. The third kappa shape index (κ3) is 4.69. The van der Waals surface area contributed by atoms with E-state index in [9.17, 15) is 47.4 Å². The van der Waals surface area contributed by atoms with Crippen LogP contribution in [0.1, 0.15) is 46.8 Å². The predicted molar refractivity (Wildman–Crippen MR) is 142 cm³/mol. The average molecular weight is 610 g/mol. The summed E-state index contributed by atoms with van der Waals surface area (Å²) in [5, 5.41) is 22.6. The molecule has 0 spiro atoms. The molecule has 4 N–H and O–H groups in total. The number of carbonyl (C=O) groups excluding carboxylic acids is 5. The predicted octanol–water partition coefficient (Wildman–Crippen LogP) is 0.497. The number of aliphatic hydroxyl groups is 1. The summed E-state index contributed by atoms with van der Waals surface area (Å²) in [6.07, 6.45) is -5.11.